The minimum absolute atomic E-state index is 0.0502. The number of carbonyl (C=O) groups excluding carboxylic acids is 1. The van der Waals surface area contributed by atoms with Gasteiger partial charge in [0.25, 0.3) is 5.91 Å². The van der Waals surface area contributed by atoms with Crippen molar-refractivity contribution in [2.45, 2.75) is 25.4 Å². The number of hydrogen-bond donors (Lipinski definition) is 0. The van der Waals surface area contributed by atoms with E-state index < -0.39 is 6.10 Å². The Morgan fingerprint density at radius 3 is 2.64 bits per heavy atom. The van der Waals surface area contributed by atoms with Crippen molar-refractivity contribution in [1.29, 1.82) is 0 Å². The molecule has 0 saturated carbocycles. The number of anilines is 1. The molecule has 0 aliphatic carbocycles. The van der Waals surface area contributed by atoms with Gasteiger partial charge in [0.05, 0.1) is 18.8 Å². The van der Waals surface area contributed by atoms with Crippen LogP contribution in [0.25, 0.3) is 0 Å². The van der Waals surface area contributed by atoms with E-state index in [-0.39, 0.29) is 17.5 Å². The number of carbonyl (C=O) groups is 1. The van der Waals surface area contributed by atoms with Gasteiger partial charge in [-0.05, 0) is 43.5 Å². The fourth-order valence-corrected chi connectivity index (χ4v) is 3.79. The van der Waals surface area contributed by atoms with Crippen LogP contribution in [-0.2, 0) is 4.79 Å². The first kappa shape index (κ1) is 18.6. The van der Waals surface area contributed by atoms with Gasteiger partial charge in [0.2, 0.25) is 0 Å². The SMILES string of the molecule is O=C([C@@H]1CN(CCOc2ccccc2F)c2ccccc2O1)N1CCCCC1. The number of ether oxygens (including phenoxy) is 2. The fourth-order valence-electron chi connectivity index (χ4n) is 3.79. The predicted molar refractivity (Wildman–Crippen MR) is 105 cm³/mol. The predicted octanol–water partition coefficient (Wildman–Crippen LogP) is 3.48. The Bertz CT molecular complexity index is 823. The second-order valence-electron chi connectivity index (χ2n) is 7.19. The van der Waals surface area contributed by atoms with Crippen LogP contribution >= 0.6 is 0 Å². The molecule has 2 aliphatic rings. The van der Waals surface area contributed by atoms with Crippen molar-refractivity contribution in [1.82, 2.24) is 4.90 Å². The van der Waals surface area contributed by atoms with Crippen molar-refractivity contribution in [2.75, 3.05) is 37.7 Å². The summed E-state index contributed by atoms with van der Waals surface area (Å²) in [5.74, 6) is 0.622. The maximum absolute atomic E-state index is 13.8. The van der Waals surface area contributed by atoms with E-state index in [0.717, 1.165) is 31.6 Å². The maximum Gasteiger partial charge on any atom is 0.265 e. The van der Waals surface area contributed by atoms with E-state index in [2.05, 4.69) is 4.90 Å². The number of fused-ring (bicyclic) bond motifs is 1. The average Bonchev–Trinajstić information content (AvgIpc) is 2.75. The zero-order chi connectivity index (χ0) is 19.3. The molecule has 5 nitrogen and oxygen atoms in total. The molecule has 0 radical (unpaired) electrons. The summed E-state index contributed by atoms with van der Waals surface area (Å²) in [5.41, 5.74) is 0.933. The highest BCUT2D eigenvalue weighted by atomic mass is 19.1. The van der Waals surface area contributed by atoms with Crippen LogP contribution in [-0.4, -0.2) is 49.7 Å². The first-order valence-electron chi connectivity index (χ1n) is 9.89. The van der Waals surface area contributed by atoms with Crippen LogP contribution in [0.1, 0.15) is 19.3 Å². The Kier molecular flexibility index (Phi) is 5.65. The molecule has 148 valence electrons. The van der Waals surface area contributed by atoms with Gasteiger partial charge < -0.3 is 19.3 Å². The number of amides is 1. The van der Waals surface area contributed by atoms with Gasteiger partial charge in [-0.15, -0.1) is 0 Å². The lowest BCUT2D eigenvalue weighted by Gasteiger charge is -2.38. The molecule has 0 N–H and O–H groups in total. The van der Waals surface area contributed by atoms with Crippen molar-refractivity contribution < 1.29 is 18.7 Å². The zero-order valence-electron chi connectivity index (χ0n) is 15.9. The molecule has 2 aromatic carbocycles. The summed E-state index contributed by atoms with van der Waals surface area (Å²) in [7, 11) is 0. The van der Waals surface area contributed by atoms with Gasteiger partial charge in [0.15, 0.2) is 17.7 Å². The molecule has 1 amide bonds. The monoisotopic (exact) mass is 384 g/mol. The van der Waals surface area contributed by atoms with E-state index in [9.17, 15) is 9.18 Å². The van der Waals surface area contributed by atoms with Gasteiger partial charge in [-0.3, -0.25) is 4.79 Å². The first-order valence-corrected chi connectivity index (χ1v) is 9.89. The second-order valence-corrected chi connectivity index (χ2v) is 7.19. The lowest BCUT2D eigenvalue weighted by Crippen LogP contribution is -2.52. The number of nitrogens with zero attached hydrogens (tertiary/aromatic N) is 2. The standard InChI is InChI=1S/C22H25FN2O3/c23-17-8-2-4-10-19(17)27-15-14-25-16-21(22(26)24-12-6-1-7-13-24)28-20-11-5-3-9-18(20)25/h2-5,8-11,21H,1,6-7,12-16H2/t21-/m0/s1. The first-order chi connectivity index (χ1) is 13.7. The number of halogens is 1. The minimum Gasteiger partial charge on any atom is -0.489 e. The smallest absolute Gasteiger partial charge is 0.265 e. The summed E-state index contributed by atoms with van der Waals surface area (Å²) in [6.07, 6.45) is 2.75. The highest BCUT2D eigenvalue weighted by molar-refractivity contribution is 5.83. The Morgan fingerprint density at radius 1 is 1.07 bits per heavy atom. The quantitative estimate of drug-likeness (QED) is 0.792. The molecule has 1 fully saturated rings. The Labute approximate surface area is 164 Å². The average molecular weight is 384 g/mol. The summed E-state index contributed by atoms with van der Waals surface area (Å²) in [4.78, 5) is 16.9. The molecule has 0 aromatic heterocycles. The molecule has 28 heavy (non-hydrogen) atoms. The van der Waals surface area contributed by atoms with Crippen LogP contribution in [0.3, 0.4) is 0 Å². The molecule has 4 rings (SSSR count). The molecule has 0 bridgehead atoms. The van der Waals surface area contributed by atoms with Crippen LogP contribution in [0.2, 0.25) is 0 Å². The normalized spacial score (nSPS) is 19.0. The number of hydrogen-bond acceptors (Lipinski definition) is 4. The summed E-state index contributed by atoms with van der Waals surface area (Å²) in [6, 6.07) is 14.1. The minimum atomic E-state index is -0.526. The van der Waals surface area contributed by atoms with Crippen LogP contribution in [0, 0.1) is 5.82 Å². The second kappa shape index (κ2) is 8.50. The Morgan fingerprint density at radius 2 is 1.82 bits per heavy atom. The number of likely N-dealkylation sites (tertiary alicyclic amines) is 1. The van der Waals surface area contributed by atoms with Crippen molar-refractivity contribution in [3.05, 3.63) is 54.3 Å². The Balaban J connectivity index is 1.44. The largest absolute Gasteiger partial charge is 0.489 e. The topological polar surface area (TPSA) is 42.0 Å². The van der Waals surface area contributed by atoms with Crippen LogP contribution in [0.4, 0.5) is 10.1 Å². The number of benzene rings is 2. The van der Waals surface area contributed by atoms with Crippen LogP contribution in [0.5, 0.6) is 11.5 Å². The van der Waals surface area contributed by atoms with E-state index in [1.807, 2.05) is 29.2 Å². The van der Waals surface area contributed by atoms with E-state index >= 15 is 0 Å². The lowest BCUT2D eigenvalue weighted by molar-refractivity contribution is -0.139. The van der Waals surface area contributed by atoms with Gasteiger partial charge in [-0.2, -0.15) is 0 Å². The van der Waals surface area contributed by atoms with Crippen molar-refractivity contribution in [2.24, 2.45) is 0 Å². The Hall–Kier alpha value is -2.76. The third kappa shape index (κ3) is 4.06. The van der Waals surface area contributed by atoms with Crippen LogP contribution < -0.4 is 14.4 Å². The third-order valence-electron chi connectivity index (χ3n) is 5.26. The molecular formula is C22H25FN2O3. The third-order valence-corrected chi connectivity index (χ3v) is 5.26. The van der Waals surface area contributed by atoms with Crippen molar-refractivity contribution in [3.8, 4) is 11.5 Å². The summed E-state index contributed by atoms with van der Waals surface area (Å²) >= 11 is 0. The van der Waals surface area contributed by atoms with Crippen LogP contribution in [0.15, 0.2) is 48.5 Å². The zero-order valence-corrected chi connectivity index (χ0v) is 15.9. The van der Waals surface area contributed by atoms with E-state index in [1.54, 1.807) is 18.2 Å². The van der Waals surface area contributed by atoms with E-state index in [1.165, 1.54) is 12.5 Å². The maximum atomic E-state index is 13.8. The van der Waals surface area contributed by atoms with Gasteiger partial charge in [-0.25, -0.2) is 4.39 Å². The summed E-state index contributed by atoms with van der Waals surface area (Å²) in [6.45, 7) is 2.93. The van der Waals surface area contributed by atoms with Gasteiger partial charge in [0, 0.05) is 13.1 Å². The molecular weight excluding hydrogens is 359 g/mol. The highest BCUT2D eigenvalue weighted by Gasteiger charge is 2.33. The molecule has 2 heterocycles. The van der Waals surface area contributed by atoms with Gasteiger partial charge in [0.1, 0.15) is 12.4 Å². The lowest BCUT2D eigenvalue weighted by atomic mass is 10.1. The molecule has 2 aromatic rings. The summed E-state index contributed by atoms with van der Waals surface area (Å²) in [5, 5.41) is 0. The molecule has 6 heteroatoms. The van der Waals surface area contributed by atoms with Crippen molar-refractivity contribution in [3.63, 3.8) is 0 Å². The molecule has 1 atom stereocenters. The van der Waals surface area contributed by atoms with Gasteiger partial charge >= 0.3 is 0 Å². The molecule has 1 saturated heterocycles. The fraction of sp³-hybridized carbons (Fsp3) is 0.409. The number of para-hydroxylation sites is 3. The molecule has 2 aliphatic heterocycles. The van der Waals surface area contributed by atoms with E-state index in [4.69, 9.17) is 9.47 Å². The molecule has 0 spiro atoms. The highest BCUT2D eigenvalue weighted by Crippen LogP contribution is 2.33. The van der Waals surface area contributed by atoms with E-state index in [0.29, 0.717) is 25.4 Å². The summed E-state index contributed by atoms with van der Waals surface area (Å²) < 4.78 is 25.4. The van der Waals surface area contributed by atoms with Crippen molar-refractivity contribution >= 4 is 11.6 Å². The number of rotatable bonds is 5. The number of piperidine rings is 1. The molecule has 0 unspecified atom stereocenters. The van der Waals surface area contributed by atoms with Gasteiger partial charge in [-0.1, -0.05) is 24.3 Å².